The molecule has 0 aliphatic carbocycles. The first-order chi connectivity index (χ1) is 16.5. The molecule has 194 valence electrons. The topological polar surface area (TPSA) is 129 Å². The molecule has 10 nitrogen and oxygen atoms in total. The van der Waals surface area contributed by atoms with Crippen LogP contribution in [0.15, 0.2) is 0 Å². The molecule has 2 N–H and O–H groups in total. The Bertz CT molecular complexity index is 591. The van der Waals surface area contributed by atoms with E-state index in [-0.39, 0.29) is 26.3 Å². The van der Waals surface area contributed by atoms with E-state index in [9.17, 15) is 19.2 Å². The van der Waals surface area contributed by atoms with E-state index >= 15 is 0 Å². The van der Waals surface area contributed by atoms with Crippen LogP contribution in [0.25, 0.3) is 0 Å². The van der Waals surface area contributed by atoms with Crippen LogP contribution in [-0.4, -0.2) is 63.6 Å². The second-order valence-electron chi connectivity index (χ2n) is 7.39. The maximum atomic E-state index is 11.5. The molecule has 0 rings (SSSR count). The van der Waals surface area contributed by atoms with Gasteiger partial charge in [0.05, 0.1) is 26.4 Å². The standard InChI is InChI=1S/C24H40N2O8/c1-3-5-15-31-21(27)19-25-23(29)33-17-13-11-9-7-8-10-12-14-18-34-24(30)26-20-22(28)32-16-6-4-2/h3-6,9-20H2,1-2H3,(H,25,29)(H,26,30). The molecule has 0 bridgehead atoms. The summed E-state index contributed by atoms with van der Waals surface area (Å²) in [5, 5.41) is 4.71. The Labute approximate surface area is 202 Å². The summed E-state index contributed by atoms with van der Waals surface area (Å²) < 4.78 is 19.8. The number of hydrogen-bond donors (Lipinski definition) is 2. The second-order valence-corrected chi connectivity index (χ2v) is 7.39. The maximum Gasteiger partial charge on any atom is 0.407 e. The van der Waals surface area contributed by atoms with E-state index < -0.39 is 24.1 Å². The van der Waals surface area contributed by atoms with Crippen LogP contribution >= 0.6 is 0 Å². The molecule has 0 aliphatic heterocycles. The summed E-state index contributed by atoms with van der Waals surface area (Å²) in [6.45, 7) is 4.83. The van der Waals surface area contributed by atoms with E-state index in [1.54, 1.807) is 0 Å². The number of alkyl carbamates (subject to hydrolysis) is 2. The highest BCUT2D eigenvalue weighted by Gasteiger charge is 2.07. The molecule has 0 aromatic rings. The Hall–Kier alpha value is -2.96. The summed E-state index contributed by atoms with van der Waals surface area (Å²) in [6.07, 6.45) is 6.53. The molecule has 2 amide bonds. The highest BCUT2D eigenvalue weighted by molar-refractivity contribution is 5.78. The number of amides is 2. The summed E-state index contributed by atoms with van der Waals surface area (Å²) in [4.78, 5) is 45.6. The van der Waals surface area contributed by atoms with Gasteiger partial charge in [-0.05, 0) is 38.5 Å². The van der Waals surface area contributed by atoms with Crippen LogP contribution in [0.3, 0.4) is 0 Å². The predicted octanol–water partition coefficient (Wildman–Crippen LogP) is 3.47. The fraction of sp³-hybridized carbons (Fsp3) is 0.750. The van der Waals surface area contributed by atoms with Crippen LogP contribution in [0.2, 0.25) is 0 Å². The third kappa shape index (κ3) is 22.2. The number of esters is 2. The molecule has 0 aliphatic rings. The van der Waals surface area contributed by atoms with Gasteiger partial charge in [-0.15, -0.1) is 11.8 Å². The van der Waals surface area contributed by atoms with Crippen molar-refractivity contribution in [1.29, 1.82) is 0 Å². The lowest BCUT2D eigenvalue weighted by molar-refractivity contribution is -0.143. The average molecular weight is 485 g/mol. The monoisotopic (exact) mass is 484 g/mol. The van der Waals surface area contributed by atoms with Gasteiger partial charge in [0, 0.05) is 12.8 Å². The summed E-state index contributed by atoms with van der Waals surface area (Å²) in [5.74, 6) is 5.15. The second kappa shape index (κ2) is 23.2. The highest BCUT2D eigenvalue weighted by Crippen LogP contribution is 1.98. The summed E-state index contributed by atoms with van der Waals surface area (Å²) in [5.41, 5.74) is 0. The van der Waals surface area contributed by atoms with Crippen molar-refractivity contribution in [2.75, 3.05) is 39.5 Å². The Morgan fingerprint density at radius 1 is 0.559 bits per heavy atom. The van der Waals surface area contributed by atoms with Crippen LogP contribution in [0, 0.1) is 11.8 Å². The molecule has 0 radical (unpaired) electrons. The smallest absolute Gasteiger partial charge is 0.407 e. The zero-order valence-corrected chi connectivity index (χ0v) is 20.6. The van der Waals surface area contributed by atoms with E-state index in [0.29, 0.717) is 38.9 Å². The van der Waals surface area contributed by atoms with E-state index in [4.69, 9.17) is 18.9 Å². The zero-order valence-electron chi connectivity index (χ0n) is 20.6. The zero-order chi connectivity index (χ0) is 25.3. The molecular formula is C24H40N2O8. The minimum atomic E-state index is -0.638. The Kier molecular flexibility index (Phi) is 21.2. The van der Waals surface area contributed by atoms with Crippen LogP contribution in [0.5, 0.6) is 0 Å². The molecule has 0 aromatic carbocycles. The molecular weight excluding hydrogens is 444 g/mol. The fourth-order valence-electron chi connectivity index (χ4n) is 2.29. The SMILES string of the molecule is CCCCOC(=O)CNC(=O)OCCCCC#CCCCCOC(=O)NCC(=O)OCCCC. The molecule has 0 saturated carbocycles. The lowest BCUT2D eigenvalue weighted by atomic mass is 10.2. The van der Waals surface area contributed by atoms with Crippen molar-refractivity contribution in [3.8, 4) is 11.8 Å². The number of carbonyl (C=O) groups excluding carboxylic acids is 4. The number of unbranched alkanes of at least 4 members (excludes halogenated alkanes) is 6. The third-order valence-corrected chi connectivity index (χ3v) is 4.26. The van der Waals surface area contributed by atoms with Crippen molar-refractivity contribution < 1.29 is 38.1 Å². The van der Waals surface area contributed by atoms with Gasteiger partial charge < -0.3 is 29.6 Å². The number of carbonyl (C=O) groups is 4. The van der Waals surface area contributed by atoms with Crippen LogP contribution in [-0.2, 0) is 28.5 Å². The van der Waals surface area contributed by atoms with Gasteiger partial charge in [-0.2, -0.15) is 0 Å². The minimum Gasteiger partial charge on any atom is -0.464 e. The molecule has 0 atom stereocenters. The van der Waals surface area contributed by atoms with E-state index in [1.165, 1.54) is 0 Å². The Morgan fingerprint density at radius 3 is 1.32 bits per heavy atom. The van der Waals surface area contributed by atoms with Crippen LogP contribution in [0.1, 0.15) is 78.1 Å². The van der Waals surface area contributed by atoms with Gasteiger partial charge in [0.25, 0.3) is 0 Å². The van der Waals surface area contributed by atoms with Crippen LogP contribution in [0.4, 0.5) is 9.59 Å². The summed E-state index contributed by atoms with van der Waals surface area (Å²) in [6, 6.07) is 0. The molecule has 0 saturated heterocycles. The number of hydrogen-bond acceptors (Lipinski definition) is 8. The van der Waals surface area contributed by atoms with Gasteiger partial charge in [0.2, 0.25) is 0 Å². The highest BCUT2D eigenvalue weighted by atomic mass is 16.6. The van der Waals surface area contributed by atoms with Gasteiger partial charge in [0.1, 0.15) is 13.1 Å². The average Bonchev–Trinajstić information content (AvgIpc) is 2.82. The molecule has 34 heavy (non-hydrogen) atoms. The quantitative estimate of drug-likeness (QED) is 0.131. The van der Waals surface area contributed by atoms with E-state index in [2.05, 4.69) is 22.5 Å². The fourth-order valence-corrected chi connectivity index (χ4v) is 2.29. The van der Waals surface area contributed by atoms with Crippen molar-refractivity contribution in [2.45, 2.75) is 78.1 Å². The van der Waals surface area contributed by atoms with Crippen molar-refractivity contribution in [3.63, 3.8) is 0 Å². The van der Waals surface area contributed by atoms with Crippen LogP contribution < -0.4 is 10.6 Å². The van der Waals surface area contributed by atoms with E-state index in [0.717, 1.165) is 38.5 Å². The summed E-state index contributed by atoms with van der Waals surface area (Å²) >= 11 is 0. The van der Waals surface area contributed by atoms with Crippen molar-refractivity contribution in [2.24, 2.45) is 0 Å². The van der Waals surface area contributed by atoms with Crippen molar-refractivity contribution >= 4 is 24.1 Å². The number of nitrogens with one attached hydrogen (secondary N) is 2. The predicted molar refractivity (Wildman–Crippen MR) is 126 cm³/mol. The summed E-state index contributed by atoms with van der Waals surface area (Å²) in [7, 11) is 0. The van der Waals surface area contributed by atoms with Crippen molar-refractivity contribution in [1.82, 2.24) is 10.6 Å². The van der Waals surface area contributed by atoms with Gasteiger partial charge in [-0.3, -0.25) is 9.59 Å². The Balaban J connectivity index is 3.50. The molecule has 0 fully saturated rings. The lowest BCUT2D eigenvalue weighted by Crippen LogP contribution is -2.31. The van der Waals surface area contributed by atoms with Gasteiger partial charge in [-0.1, -0.05) is 26.7 Å². The van der Waals surface area contributed by atoms with E-state index in [1.807, 2.05) is 13.8 Å². The normalized spacial score (nSPS) is 9.82. The number of rotatable bonds is 18. The lowest BCUT2D eigenvalue weighted by Gasteiger charge is -2.07. The minimum absolute atomic E-state index is 0.197. The molecule has 0 aromatic heterocycles. The van der Waals surface area contributed by atoms with Crippen molar-refractivity contribution in [3.05, 3.63) is 0 Å². The maximum absolute atomic E-state index is 11.5. The molecule has 0 heterocycles. The largest absolute Gasteiger partial charge is 0.464 e. The first-order valence-electron chi connectivity index (χ1n) is 12.1. The molecule has 0 spiro atoms. The van der Waals surface area contributed by atoms with Gasteiger partial charge in [-0.25, -0.2) is 9.59 Å². The van der Waals surface area contributed by atoms with Gasteiger partial charge in [0.15, 0.2) is 0 Å². The van der Waals surface area contributed by atoms with Gasteiger partial charge >= 0.3 is 24.1 Å². The Morgan fingerprint density at radius 2 is 0.941 bits per heavy atom. The number of ether oxygens (including phenoxy) is 4. The third-order valence-electron chi connectivity index (χ3n) is 4.26. The molecule has 0 unspecified atom stereocenters. The molecule has 10 heteroatoms. The first kappa shape index (κ1) is 31.0. The first-order valence-corrected chi connectivity index (χ1v) is 12.1.